The van der Waals surface area contributed by atoms with Crippen LogP contribution in [-0.2, 0) is 10.2 Å². The topological polar surface area (TPSA) is 47.0 Å². The van der Waals surface area contributed by atoms with Gasteiger partial charge in [0.05, 0.1) is 13.2 Å². The van der Waals surface area contributed by atoms with Crippen molar-refractivity contribution in [2.24, 2.45) is 0 Å². The molecule has 0 aromatic heterocycles. The molecule has 5 heteroatoms. The summed E-state index contributed by atoms with van der Waals surface area (Å²) in [5.41, 5.74) is 0.959. The van der Waals surface area contributed by atoms with Crippen LogP contribution in [0.3, 0.4) is 0 Å². The first-order valence-corrected chi connectivity index (χ1v) is 8.48. The van der Waals surface area contributed by atoms with Gasteiger partial charge in [-0.15, -0.1) is 0 Å². The highest BCUT2D eigenvalue weighted by Gasteiger charge is 2.39. The minimum absolute atomic E-state index is 0.135. The van der Waals surface area contributed by atoms with Gasteiger partial charge in [0, 0.05) is 38.1 Å². The van der Waals surface area contributed by atoms with Crippen molar-refractivity contribution in [2.45, 2.75) is 11.8 Å². The second-order valence-corrected chi connectivity index (χ2v) is 6.95. The number of hydrogen-bond acceptors (Lipinski definition) is 4. The van der Waals surface area contributed by atoms with E-state index in [-0.39, 0.29) is 17.9 Å². The second kappa shape index (κ2) is 6.99. The van der Waals surface area contributed by atoms with Gasteiger partial charge in [0.1, 0.15) is 0 Å². The summed E-state index contributed by atoms with van der Waals surface area (Å²) in [4.78, 5) is 18.9. The number of hydrogen-bond donors (Lipinski definition) is 1. The summed E-state index contributed by atoms with van der Waals surface area (Å²) in [5.74, 6) is 0.222. The van der Waals surface area contributed by atoms with Gasteiger partial charge in [-0.2, -0.15) is 0 Å². The maximum Gasteiger partial charge on any atom is 0.236 e. The molecule has 1 amide bonds. The predicted octanol–water partition coefficient (Wildman–Crippen LogP) is 0.396. The van der Waals surface area contributed by atoms with Gasteiger partial charge in [0.25, 0.3) is 0 Å². The van der Waals surface area contributed by atoms with E-state index in [1.807, 2.05) is 23.1 Å². The summed E-state index contributed by atoms with van der Waals surface area (Å²) in [7, 11) is 2.09. The molecule has 0 aliphatic carbocycles. The third-order valence-corrected chi connectivity index (χ3v) is 5.34. The highest BCUT2D eigenvalue weighted by molar-refractivity contribution is 5.78. The fourth-order valence-corrected chi connectivity index (χ4v) is 3.69. The predicted molar refractivity (Wildman–Crippen MR) is 90.3 cm³/mol. The normalized spacial score (nSPS) is 26.6. The van der Waals surface area contributed by atoms with Crippen LogP contribution < -0.4 is 0 Å². The average molecular weight is 317 g/mol. The Bertz CT molecular complexity index is 528. The van der Waals surface area contributed by atoms with Gasteiger partial charge in [0.15, 0.2) is 0 Å². The van der Waals surface area contributed by atoms with Crippen molar-refractivity contribution >= 4 is 5.91 Å². The van der Waals surface area contributed by atoms with E-state index >= 15 is 0 Å². The van der Waals surface area contributed by atoms with E-state index in [1.54, 1.807) is 0 Å². The molecular weight excluding hydrogens is 290 g/mol. The van der Waals surface area contributed by atoms with Crippen LogP contribution in [0.15, 0.2) is 30.3 Å². The first-order valence-electron chi connectivity index (χ1n) is 8.48. The van der Waals surface area contributed by atoms with E-state index in [4.69, 9.17) is 0 Å². The molecular formula is C18H27N3O2. The number of benzene rings is 1. The maximum absolute atomic E-state index is 12.5. The van der Waals surface area contributed by atoms with Crippen LogP contribution in [0.1, 0.15) is 12.0 Å². The van der Waals surface area contributed by atoms with E-state index in [0.29, 0.717) is 6.54 Å². The van der Waals surface area contributed by atoms with E-state index in [0.717, 1.165) is 45.7 Å². The summed E-state index contributed by atoms with van der Waals surface area (Å²) in [5, 5.41) is 9.97. The molecule has 1 N–H and O–H groups in total. The van der Waals surface area contributed by atoms with Crippen molar-refractivity contribution in [3.8, 4) is 0 Å². The van der Waals surface area contributed by atoms with Gasteiger partial charge in [-0.25, -0.2) is 0 Å². The third kappa shape index (κ3) is 3.57. The first kappa shape index (κ1) is 16.4. The molecule has 2 aliphatic heterocycles. The van der Waals surface area contributed by atoms with Crippen molar-refractivity contribution in [1.82, 2.24) is 14.7 Å². The van der Waals surface area contributed by atoms with E-state index in [9.17, 15) is 9.90 Å². The Kier molecular flexibility index (Phi) is 4.99. The molecule has 2 heterocycles. The van der Waals surface area contributed by atoms with Gasteiger partial charge < -0.3 is 14.9 Å². The number of carbonyl (C=O) groups excluding carboxylic acids is 1. The second-order valence-electron chi connectivity index (χ2n) is 6.95. The number of piperazine rings is 1. The molecule has 2 aliphatic rings. The van der Waals surface area contributed by atoms with E-state index < -0.39 is 0 Å². The molecule has 5 nitrogen and oxygen atoms in total. The van der Waals surface area contributed by atoms with E-state index in [1.165, 1.54) is 5.56 Å². The van der Waals surface area contributed by atoms with Gasteiger partial charge in [-0.3, -0.25) is 9.69 Å². The highest BCUT2D eigenvalue weighted by atomic mass is 16.3. The number of likely N-dealkylation sites (N-methyl/N-ethyl adjacent to an activating group) is 1. The summed E-state index contributed by atoms with van der Waals surface area (Å²) in [6.07, 6.45) is 0.906. The number of likely N-dealkylation sites (tertiary alicyclic amines) is 1. The van der Waals surface area contributed by atoms with Crippen molar-refractivity contribution in [3.05, 3.63) is 35.9 Å². The smallest absolute Gasteiger partial charge is 0.236 e. The lowest BCUT2D eigenvalue weighted by Crippen LogP contribution is -2.50. The van der Waals surface area contributed by atoms with Crippen molar-refractivity contribution in [3.63, 3.8) is 0 Å². The lowest BCUT2D eigenvalue weighted by molar-refractivity contribution is -0.133. The molecule has 0 saturated carbocycles. The van der Waals surface area contributed by atoms with Crippen LogP contribution >= 0.6 is 0 Å². The first-order chi connectivity index (χ1) is 11.1. The van der Waals surface area contributed by atoms with Gasteiger partial charge >= 0.3 is 0 Å². The van der Waals surface area contributed by atoms with Crippen LogP contribution in [0.5, 0.6) is 0 Å². The molecule has 126 valence electrons. The maximum atomic E-state index is 12.5. The van der Waals surface area contributed by atoms with Crippen LogP contribution in [0.25, 0.3) is 0 Å². The summed E-state index contributed by atoms with van der Waals surface area (Å²) < 4.78 is 0. The Morgan fingerprint density at radius 2 is 1.83 bits per heavy atom. The number of aliphatic hydroxyl groups excluding tert-OH is 1. The highest BCUT2D eigenvalue weighted by Crippen LogP contribution is 2.34. The van der Waals surface area contributed by atoms with Crippen molar-refractivity contribution in [1.29, 1.82) is 0 Å². The Morgan fingerprint density at radius 1 is 1.13 bits per heavy atom. The van der Waals surface area contributed by atoms with Gasteiger partial charge in [0.2, 0.25) is 5.91 Å². The average Bonchev–Trinajstić information content (AvgIpc) is 3.00. The quantitative estimate of drug-likeness (QED) is 0.873. The molecule has 2 fully saturated rings. The summed E-state index contributed by atoms with van der Waals surface area (Å²) in [6, 6.07) is 10.2. The van der Waals surface area contributed by atoms with Crippen LogP contribution in [0, 0.1) is 0 Å². The molecule has 0 radical (unpaired) electrons. The number of amides is 1. The number of aliphatic hydroxyl groups is 1. The third-order valence-electron chi connectivity index (χ3n) is 5.34. The largest absolute Gasteiger partial charge is 0.395 e. The molecule has 2 saturated heterocycles. The zero-order valence-corrected chi connectivity index (χ0v) is 13.9. The number of nitrogens with zero attached hydrogens (tertiary/aromatic N) is 3. The fourth-order valence-electron chi connectivity index (χ4n) is 3.69. The van der Waals surface area contributed by atoms with Crippen LogP contribution in [-0.4, -0.2) is 85.2 Å². The zero-order valence-electron chi connectivity index (χ0n) is 13.9. The van der Waals surface area contributed by atoms with Crippen LogP contribution in [0.4, 0.5) is 0 Å². The van der Waals surface area contributed by atoms with Crippen LogP contribution in [0.2, 0.25) is 0 Å². The van der Waals surface area contributed by atoms with Crippen molar-refractivity contribution < 1.29 is 9.90 Å². The van der Waals surface area contributed by atoms with Gasteiger partial charge in [-0.1, -0.05) is 30.3 Å². The molecule has 3 rings (SSSR count). The minimum Gasteiger partial charge on any atom is -0.395 e. The summed E-state index contributed by atoms with van der Waals surface area (Å²) >= 11 is 0. The molecule has 1 atom stereocenters. The standard InChI is InChI=1S/C18H27N3O2/c1-19-9-11-21(12-10-19)17(23)13-20-8-7-18(14-20,15-22)16-5-3-2-4-6-16/h2-6,22H,7-15H2,1H3. The molecule has 0 bridgehead atoms. The molecule has 0 spiro atoms. The lowest BCUT2D eigenvalue weighted by atomic mass is 9.80. The molecule has 1 unspecified atom stereocenters. The van der Waals surface area contributed by atoms with Gasteiger partial charge in [-0.05, 0) is 25.6 Å². The SMILES string of the molecule is CN1CCN(C(=O)CN2CCC(CO)(c3ccccc3)C2)CC1. The molecule has 23 heavy (non-hydrogen) atoms. The molecule has 1 aromatic carbocycles. The summed E-state index contributed by atoms with van der Waals surface area (Å²) in [6.45, 7) is 5.79. The fraction of sp³-hybridized carbons (Fsp3) is 0.611. The Morgan fingerprint density at radius 3 is 2.48 bits per heavy atom. The Hall–Kier alpha value is -1.43. The number of carbonyl (C=O) groups is 1. The Balaban J connectivity index is 1.60. The zero-order chi connectivity index (χ0) is 16.3. The van der Waals surface area contributed by atoms with E-state index in [2.05, 4.69) is 29.0 Å². The monoisotopic (exact) mass is 317 g/mol. The lowest BCUT2D eigenvalue weighted by Gasteiger charge is -2.33. The molecule has 1 aromatic rings. The van der Waals surface area contributed by atoms with Crippen molar-refractivity contribution in [2.75, 3.05) is 59.5 Å². The number of rotatable bonds is 4. The minimum atomic E-state index is -0.219. The Labute approximate surface area is 138 Å².